The minimum atomic E-state index is -0.433. The molecule has 2 rings (SSSR count). The molecule has 0 saturated carbocycles. The Bertz CT molecular complexity index is 396. The van der Waals surface area contributed by atoms with E-state index in [1.165, 1.54) is 4.90 Å². The molecule has 15 heavy (non-hydrogen) atoms. The van der Waals surface area contributed by atoms with Crippen LogP contribution in [-0.2, 0) is 9.59 Å². The summed E-state index contributed by atoms with van der Waals surface area (Å²) in [5, 5.41) is -0.433. The van der Waals surface area contributed by atoms with Crippen LogP contribution in [0.5, 0.6) is 0 Å². The zero-order chi connectivity index (χ0) is 10.8. The number of hydrogen-bond acceptors (Lipinski definition) is 3. The molecule has 0 aliphatic carbocycles. The van der Waals surface area contributed by atoms with Gasteiger partial charge in [-0.2, -0.15) is 0 Å². The zero-order valence-corrected chi connectivity index (χ0v) is 8.74. The number of anilines is 1. The Labute approximate surface area is 93.1 Å². The van der Waals surface area contributed by atoms with Gasteiger partial charge < -0.3 is 0 Å². The maximum Gasteiger partial charge on any atom is 0.246 e. The van der Waals surface area contributed by atoms with Crippen molar-refractivity contribution < 1.29 is 9.59 Å². The first-order valence-electron chi connectivity index (χ1n) is 4.51. The SMILES string of the molecule is [B]SC1CC(=O)N(c2ccccc2)C1=O. The smallest absolute Gasteiger partial charge is 0.246 e. The Morgan fingerprint density at radius 1 is 1.27 bits per heavy atom. The number of amides is 2. The topological polar surface area (TPSA) is 37.4 Å². The average Bonchev–Trinajstić information content (AvgIpc) is 2.55. The number of rotatable bonds is 2. The third-order valence-corrected chi connectivity index (χ3v) is 2.98. The molecule has 0 N–H and O–H groups in total. The lowest BCUT2D eigenvalue weighted by Crippen LogP contribution is -2.30. The highest BCUT2D eigenvalue weighted by molar-refractivity contribution is 8.20. The fourth-order valence-electron chi connectivity index (χ4n) is 1.56. The second kappa shape index (κ2) is 4.10. The molecule has 1 atom stereocenters. The second-order valence-corrected chi connectivity index (χ2v) is 4.07. The zero-order valence-electron chi connectivity index (χ0n) is 7.92. The molecule has 1 aromatic carbocycles. The van der Waals surface area contributed by atoms with E-state index in [0.29, 0.717) is 5.69 Å². The van der Waals surface area contributed by atoms with Gasteiger partial charge in [-0.05, 0) is 12.1 Å². The minimum Gasteiger partial charge on any atom is -0.274 e. The van der Waals surface area contributed by atoms with Gasteiger partial charge in [0.1, 0.15) is 0 Å². The van der Waals surface area contributed by atoms with Gasteiger partial charge in [-0.3, -0.25) is 9.59 Å². The lowest BCUT2D eigenvalue weighted by Gasteiger charge is -2.14. The van der Waals surface area contributed by atoms with Crippen molar-refractivity contribution in [2.75, 3.05) is 4.90 Å². The molecule has 2 amide bonds. The maximum absolute atomic E-state index is 11.8. The Morgan fingerprint density at radius 3 is 2.47 bits per heavy atom. The summed E-state index contributed by atoms with van der Waals surface area (Å²) in [7, 11) is 5.34. The van der Waals surface area contributed by atoms with Crippen LogP contribution in [0.3, 0.4) is 0 Å². The number of hydrogen-bond donors (Lipinski definition) is 0. The molecule has 1 aliphatic heterocycles. The van der Waals surface area contributed by atoms with E-state index in [9.17, 15) is 9.59 Å². The van der Waals surface area contributed by atoms with E-state index in [0.717, 1.165) is 11.6 Å². The molecule has 3 nitrogen and oxygen atoms in total. The van der Waals surface area contributed by atoms with E-state index < -0.39 is 5.25 Å². The molecule has 2 radical (unpaired) electrons. The van der Waals surface area contributed by atoms with Crippen LogP contribution in [-0.4, -0.2) is 24.2 Å². The summed E-state index contributed by atoms with van der Waals surface area (Å²) in [4.78, 5) is 24.5. The van der Waals surface area contributed by atoms with Gasteiger partial charge in [0.25, 0.3) is 0 Å². The van der Waals surface area contributed by atoms with Crippen LogP contribution in [0.1, 0.15) is 6.42 Å². The van der Waals surface area contributed by atoms with Crippen LogP contribution >= 0.6 is 11.6 Å². The van der Waals surface area contributed by atoms with E-state index in [2.05, 4.69) is 0 Å². The van der Waals surface area contributed by atoms with Crippen molar-refractivity contribution in [2.45, 2.75) is 11.7 Å². The molecule has 5 heteroatoms. The highest BCUT2D eigenvalue weighted by Crippen LogP contribution is 2.27. The molecule has 1 aliphatic rings. The molecule has 74 valence electrons. The summed E-state index contributed by atoms with van der Waals surface area (Å²) in [5.74, 6) is -0.409. The van der Waals surface area contributed by atoms with Gasteiger partial charge in [0.05, 0.1) is 10.9 Å². The predicted octanol–water partition coefficient (Wildman–Crippen LogP) is 1.14. The van der Waals surface area contributed by atoms with Crippen LogP contribution < -0.4 is 4.90 Å². The van der Waals surface area contributed by atoms with Crippen LogP contribution in [0.15, 0.2) is 30.3 Å². The molecule has 0 aromatic heterocycles. The van der Waals surface area contributed by atoms with Gasteiger partial charge in [-0.25, -0.2) is 16.5 Å². The normalized spacial score (nSPS) is 21.1. The van der Waals surface area contributed by atoms with Gasteiger partial charge in [-0.1, -0.05) is 18.2 Å². The molecule has 1 aromatic rings. The Balaban J connectivity index is 2.31. The summed E-state index contributed by atoms with van der Waals surface area (Å²) >= 11 is 0.931. The van der Waals surface area contributed by atoms with Gasteiger partial charge in [0.15, 0.2) is 7.12 Å². The number of nitrogens with zero attached hydrogens (tertiary/aromatic N) is 1. The molecule has 1 fully saturated rings. The van der Waals surface area contributed by atoms with Crippen molar-refractivity contribution in [1.82, 2.24) is 0 Å². The third kappa shape index (κ3) is 1.79. The van der Waals surface area contributed by atoms with Crippen molar-refractivity contribution in [3.05, 3.63) is 30.3 Å². The van der Waals surface area contributed by atoms with Crippen molar-refractivity contribution in [3.63, 3.8) is 0 Å². The fraction of sp³-hybridized carbons (Fsp3) is 0.200. The van der Waals surface area contributed by atoms with E-state index >= 15 is 0 Å². The molecular formula is C10H8BNO2S. The lowest BCUT2D eigenvalue weighted by molar-refractivity contribution is -0.121. The molecule has 0 bridgehead atoms. The number of para-hydroxylation sites is 1. The van der Waals surface area contributed by atoms with Crippen molar-refractivity contribution in [3.8, 4) is 0 Å². The van der Waals surface area contributed by atoms with Crippen LogP contribution in [0.25, 0.3) is 0 Å². The Hall–Kier alpha value is -1.23. The van der Waals surface area contributed by atoms with Gasteiger partial charge >= 0.3 is 0 Å². The summed E-state index contributed by atoms with van der Waals surface area (Å²) < 4.78 is 0. The van der Waals surface area contributed by atoms with Crippen LogP contribution in [0.4, 0.5) is 5.69 Å². The summed E-state index contributed by atoms with van der Waals surface area (Å²) in [6.45, 7) is 0. The number of benzene rings is 1. The van der Waals surface area contributed by atoms with Crippen molar-refractivity contribution in [2.24, 2.45) is 0 Å². The van der Waals surface area contributed by atoms with Crippen LogP contribution in [0, 0.1) is 0 Å². The monoisotopic (exact) mass is 217 g/mol. The first kappa shape index (κ1) is 10.3. The predicted molar refractivity (Wildman–Crippen MR) is 60.7 cm³/mol. The molecule has 1 unspecified atom stereocenters. The van der Waals surface area contributed by atoms with Gasteiger partial charge in [-0.15, -0.1) is 0 Å². The Morgan fingerprint density at radius 2 is 1.93 bits per heavy atom. The lowest BCUT2D eigenvalue weighted by atomic mass is 10.3. The minimum absolute atomic E-state index is 0.186. The van der Waals surface area contributed by atoms with Crippen molar-refractivity contribution in [1.29, 1.82) is 0 Å². The van der Waals surface area contributed by atoms with Crippen molar-refractivity contribution >= 4 is 36.2 Å². The first-order chi connectivity index (χ1) is 7.24. The first-order valence-corrected chi connectivity index (χ1v) is 5.45. The summed E-state index contributed by atoms with van der Waals surface area (Å²) in [5.41, 5.74) is 0.615. The molecular weight excluding hydrogens is 209 g/mol. The third-order valence-electron chi connectivity index (χ3n) is 2.28. The van der Waals surface area contributed by atoms with Gasteiger partial charge in [0, 0.05) is 6.42 Å². The summed E-state index contributed by atoms with van der Waals surface area (Å²) in [6, 6.07) is 8.89. The molecule has 0 spiro atoms. The summed E-state index contributed by atoms with van der Waals surface area (Å²) in [6.07, 6.45) is 0.189. The number of carbonyl (C=O) groups is 2. The number of carbonyl (C=O) groups excluding carboxylic acids is 2. The number of imide groups is 1. The standard InChI is InChI=1S/C10H8BNO2S/c11-15-8-6-9(13)12(10(8)14)7-4-2-1-3-5-7/h1-5,8H,6H2. The molecule has 1 heterocycles. The largest absolute Gasteiger partial charge is 0.274 e. The van der Waals surface area contributed by atoms with E-state index in [1.54, 1.807) is 24.3 Å². The van der Waals surface area contributed by atoms with E-state index in [1.807, 2.05) is 6.07 Å². The van der Waals surface area contributed by atoms with E-state index in [4.69, 9.17) is 7.12 Å². The fourth-order valence-corrected chi connectivity index (χ4v) is 2.02. The highest BCUT2D eigenvalue weighted by Gasteiger charge is 2.38. The van der Waals surface area contributed by atoms with E-state index in [-0.39, 0.29) is 18.2 Å². The quantitative estimate of drug-likeness (QED) is 0.550. The Kier molecular flexibility index (Phi) is 2.82. The van der Waals surface area contributed by atoms with Crippen LogP contribution in [0.2, 0.25) is 0 Å². The average molecular weight is 217 g/mol. The highest BCUT2D eigenvalue weighted by atomic mass is 32.2. The second-order valence-electron chi connectivity index (χ2n) is 3.23. The molecule has 1 saturated heterocycles. The van der Waals surface area contributed by atoms with Gasteiger partial charge in [0.2, 0.25) is 11.8 Å². The maximum atomic E-state index is 11.8.